The van der Waals surface area contributed by atoms with Crippen molar-refractivity contribution in [1.29, 1.82) is 0 Å². The van der Waals surface area contributed by atoms with Crippen molar-refractivity contribution in [2.45, 2.75) is 39.7 Å². The van der Waals surface area contributed by atoms with Crippen LogP contribution in [0.15, 0.2) is 0 Å². The lowest BCUT2D eigenvalue weighted by atomic mass is 9.74. The van der Waals surface area contributed by atoms with E-state index in [-0.39, 0.29) is 18.6 Å². The van der Waals surface area contributed by atoms with E-state index in [4.69, 9.17) is 5.11 Å². The first-order valence-corrected chi connectivity index (χ1v) is 6.29. The minimum Gasteiger partial charge on any atom is -0.395 e. The van der Waals surface area contributed by atoms with Gasteiger partial charge >= 0.3 is 0 Å². The van der Waals surface area contributed by atoms with Gasteiger partial charge in [-0.1, -0.05) is 13.8 Å². The molecule has 0 amide bonds. The largest absolute Gasteiger partial charge is 0.395 e. The lowest BCUT2D eigenvalue weighted by Gasteiger charge is -2.35. The smallest absolute Gasteiger partial charge is 0.137 e. The first kappa shape index (κ1) is 13.7. The molecule has 1 fully saturated rings. The van der Waals surface area contributed by atoms with Gasteiger partial charge in [0.15, 0.2) is 0 Å². The van der Waals surface area contributed by atoms with Gasteiger partial charge in [0.2, 0.25) is 0 Å². The molecule has 4 unspecified atom stereocenters. The maximum Gasteiger partial charge on any atom is 0.137 e. The van der Waals surface area contributed by atoms with E-state index in [1.807, 2.05) is 14.0 Å². The summed E-state index contributed by atoms with van der Waals surface area (Å²) in [6.07, 6.45) is 1.88. The van der Waals surface area contributed by atoms with Crippen molar-refractivity contribution < 1.29 is 9.90 Å². The lowest BCUT2D eigenvalue weighted by molar-refractivity contribution is -0.128. The predicted molar refractivity (Wildman–Crippen MR) is 65.2 cm³/mol. The van der Waals surface area contributed by atoms with Crippen LogP contribution in [-0.2, 0) is 4.79 Å². The van der Waals surface area contributed by atoms with E-state index in [1.54, 1.807) is 0 Å². The van der Waals surface area contributed by atoms with Gasteiger partial charge in [-0.2, -0.15) is 0 Å². The van der Waals surface area contributed by atoms with Crippen molar-refractivity contribution in [3.05, 3.63) is 0 Å². The molecule has 1 aliphatic rings. The first-order valence-electron chi connectivity index (χ1n) is 6.29. The van der Waals surface area contributed by atoms with Gasteiger partial charge in [-0.3, -0.25) is 4.79 Å². The number of aliphatic hydroxyl groups excluding tert-OH is 1. The maximum absolute atomic E-state index is 12.0. The summed E-state index contributed by atoms with van der Waals surface area (Å²) in [6, 6.07) is 0.138. The van der Waals surface area contributed by atoms with Crippen LogP contribution in [0.25, 0.3) is 0 Å². The second kappa shape index (κ2) is 5.78. The molecule has 0 heterocycles. The molecule has 3 heteroatoms. The Morgan fingerprint density at radius 1 is 1.50 bits per heavy atom. The van der Waals surface area contributed by atoms with Crippen LogP contribution in [0, 0.1) is 17.8 Å². The third kappa shape index (κ3) is 3.29. The molecule has 0 spiro atoms. The number of rotatable bonds is 4. The monoisotopic (exact) mass is 227 g/mol. The summed E-state index contributed by atoms with van der Waals surface area (Å²) < 4.78 is 0. The summed E-state index contributed by atoms with van der Waals surface area (Å²) >= 11 is 0. The molecule has 1 aliphatic carbocycles. The predicted octanol–water partition coefficient (Wildman–Crippen LogP) is 1.55. The topological polar surface area (TPSA) is 40.5 Å². The summed E-state index contributed by atoms with van der Waals surface area (Å²) in [6.45, 7) is 7.26. The lowest BCUT2D eigenvalue weighted by Crippen LogP contribution is -2.42. The number of Topliss-reactive ketones (excluding diaryl/α,β-unsaturated/α-hetero) is 1. The van der Waals surface area contributed by atoms with Crippen LogP contribution in [0.2, 0.25) is 0 Å². The molecule has 4 atom stereocenters. The Kier molecular flexibility index (Phi) is 4.93. The Morgan fingerprint density at radius 3 is 2.62 bits per heavy atom. The molecule has 0 aromatic rings. The summed E-state index contributed by atoms with van der Waals surface area (Å²) in [5, 5.41) is 9.08. The molecular formula is C13H25NO2. The highest BCUT2D eigenvalue weighted by Gasteiger charge is 2.33. The number of carbonyl (C=O) groups is 1. The van der Waals surface area contributed by atoms with Crippen molar-refractivity contribution >= 4 is 5.78 Å². The normalized spacial score (nSPS) is 33.1. The zero-order valence-corrected chi connectivity index (χ0v) is 10.9. The van der Waals surface area contributed by atoms with E-state index >= 15 is 0 Å². The van der Waals surface area contributed by atoms with Gasteiger partial charge < -0.3 is 10.0 Å². The molecule has 0 aromatic heterocycles. The van der Waals surface area contributed by atoms with Gasteiger partial charge in [0.05, 0.1) is 6.61 Å². The molecule has 16 heavy (non-hydrogen) atoms. The van der Waals surface area contributed by atoms with Gasteiger partial charge in [-0.25, -0.2) is 0 Å². The number of likely N-dealkylation sites (N-methyl/N-ethyl adjacent to an activating group) is 1. The standard InChI is InChI=1S/C13H25NO2/c1-9-5-10(2)12(13(16)6-9)7-14(4)11(3)8-15/h9-12,15H,5-8H2,1-4H3. The fraction of sp³-hybridized carbons (Fsp3) is 0.923. The molecule has 1 N–H and O–H groups in total. The summed E-state index contributed by atoms with van der Waals surface area (Å²) in [5.74, 6) is 1.59. The van der Waals surface area contributed by atoms with Crippen LogP contribution in [0.3, 0.4) is 0 Å². The Morgan fingerprint density at radius 2 is 2.12 bits per heavy atom. The van der Waals surface area contributed by atoms with Crippen LogP contribution < -0.4 is 0 Å². The fourth-order valence-electron chi connectivity index (χ4n) is 2.61. The average molecular weight is 227 g/mol. The van der Waals surface area contributed by atoms with Gasteiger partial charge in [-0.15, -0.1) is 0 Å². The van der Waals surface area contributed by atoms with E-state index in [9.17, 15) is 4.79 Å². The molecular weight excluding hydrogens is 202 g/mol. The molecule has 0 bridgehead atoms. The highest BCUT2D eigenvalue weighted by Crippen LogP contribution is 2.31. The highest BCUT2D eigenvalue weighted by atomic mass is 16.3. The van der Waals surface area contributed by atoms with E-state index in [0.29, 0.717) is 17.6 Å². The number of ketones is 1. The zero-order valence-electron chi connectivity index (χ0n) is 10.9. The molecule has 1 saturated carbocycles. The second-order valence-electron chi connectivity index (χ2n) is 5.57. The van der Waals surface area contributed by atoms with Crippen molar-refractivity contribution in [1.82, 2.24) is 4.90 Å². The number of nitrogens with zero attached hydrogens (tertiary/aromatic N) is 1. The summed E-state index contributed by atoms with van der Waals surface area (Å²) in [4.78, 5) is 14.1. The van der Waals surface area contributed by atoms with E-state index in [1.165, 1.54) is 0 Å². The van der Waals surface area contributed by atoms with Crippen molar-refractivity contribution in [2.75, 3.05) is 20.2 Å². The third-order valence-corrected chi connectivity index (χ3v) is 3.93. The van der Waals surface area contributed by atoms with Crippen molar-refractivity contribution in [3.8, 4) is 0 Å². The Hall–Kier alpha value is -0.410. The number of aliphatic hydroxyl groups is 1. The zero-order chi connectivity index (χ0) is 12.3. The fourth-order valence-corrected chi connectivity index (χ4v) is 2.61. The molecule has 0 aliphatic heterocycles. The van der Waals surface area contributed by atoms with Crippen LogP contribution in [0.1, 0.15) is 33.6 Å². The number of hydrogen-bond donors (Lipinski definition) is 1. The average Bonchev–Trinajstić information content (AvgIpc) is 2.21. The molecule has 94 valence electrons. The third-order valence-electron chi connectivity index (χ3n) is 3.93. The van der Waals surface area contributed by atoms with Gasteiger partial charge in [-0.05, 0) is 32.2 Å². The minimum atomic E-state index is 0.138. The van der Waals surface area contributed by atoms with E-state index < -0.39 is 0 Å². The van der Waals surface area contributed by atoms with Gasteiger partial charge in [0.25, 0.3) is 0 Å². The molecule has 0 saturated heterocycles. The summed E-state index contributed by atoms with van der Waals surface area (Å²) in [5.41, 5.74) is 0. The number of hydrogen-bond acceptors (Lipinski definition) is 3. The van der Waals surface area contributed by atoms with Crippen LogP contribution in [0.4, 0.5) is 0 Å². The van der Waals surface area contributed by atoms with Crippen molar-refractivity contribution in [2.24, 2.45) is 17.8 Å². The SMILES string of the molecule is CC1CC(=O)C(CN(C)C(C)CO)C(C)C1. The quantitative estimate of drug-likeness (QED) is 0.792. The van der Waals surface area contributed by atoms with Crippen LogP contribution >= 0.6 is 0 Å². The second-order valence-corrected chi connectivity index (χ2v) is 5.57. The Bertz CT molecular complexity index is 242. The molecule has 0 radical (unpaired) electrons. The number of carbonyl (C=O) groups excluding carboxylic acids is 1. The highest BCUT2D eigenvalue weighted by molar-refractivity contribution is 5.82. The van der Waals surface area contributed by atoms with Gasteiger partial charge in [0, 0.05) is 24.9 Å². The van der Waals surface area contributed by atoms with Crippen LogP contribution in [-0.4, -0.2) is 42.0 Å². The van der Waals surface area contributed by atoms with E-state index in [2.05, 4.69) is 18.7 Å². The van der Waals surface area contributed by atoms with Gasteiger partial charge in [0.1, 0.15) is 5.78 Å². The summed E-state index contributed by atoms with van der Waals surface area (Å²) in [7, 11) is 1.99. The Labute approximate surface area is 98.8 Å². The van der Waals surface area contributed by atoms with Crippen LogP contribution in [0.5, 0.6) is 0 Å². The van der Waals surface area contributed by atoms with E-state index in [0.717, 1.165) is 19.4 Å². The molecule has 0 aromatic carbocycles. The molecule has 3 nitrogen and oxygen atoms in total. The molecule has 1 rings (SSSR count). The van der Waals surface area contributed by atoms with Crippen molar-refractivity contribution in [3.63, 3.8) is 0 Å². The minimum absolute atomic E-state index is 0.138. The maximum atomic E-state index is 12.0. The first-order chi connectivity index (χ1) is 7.45. The Balaban J connectivity index is 2.55.